The van der Waals surface area contributed by atoms with Crippen molar-refractivity contribution >= 4 is 0 Å². The Labute approximate surface area is 77.4 Å². The molecule has 0 saturated heterocycles. The molecule has 1 rings (SSSR count). The summed E-state index contributed by atoms with van der Waals surface area (Å²) in [6, 6.07) is 0. The van der Waals surface area contributed by atoms with Crippen molar-refractivity contribution < 1.29 is 0 Å². The summed E-state index contributed by atoms with van der Waals surface area (Å²) in [5.74, 6) is 0.758. The van der Waals surface area contributed by atoms with Gasteiger partial charge in [0.2, 0.25) is 0 Å². The van der Waals surface area contributed by atoms with Crippen molar-refractivity contribution in [2.24, 2.45) is 5.73 Å². The molecule has 72 valence electrons. The number of nitrogens with two attached hydrogens (primary N) is 1. The first kappa shape index (κ1) is 9.92. The van der Waals surface area contributed by atoms with Gasteiger partial charge in [-0.1, -0.05) is 0 Å². The first-order valence-electron chi connectivity index (χ1n) is 4.46. The van der Waals surface area contributed by atoms with Gasteiger partial charge >= 0.3 is 0 Å². The third-order valence-electron chi connectivity index (χ3n) is 2.05. The van der Waals surface area contributed by atoms with Crippen molar-refractivity contribution in [1.29, 1.82) is 0 Å². The normalized spacial score (nSPS) is 10.4. The van der Waals surface area contributed by atoms with Gasteiger partial charge in [0.05, 0.1) is 0 Å². The Balaban J connectivity index is 3.20. The lowest BCUT2D eigenvalue weighted by Gasteiger charge is -2.07. The van der Waals surface area contributed by atoms with Crippen LogP contribution in [0.2, 0.25) is 0 Å². The molecule has 0 saturated carbocycles. The van der Waals surface area contributed by atoms with Crippen molar-refractivity contribution in [2.45, 2.75) is 26.8 Å². The minimum atomic E-state index is 0.0421. The number of hydrogen-bond acceptors (Lipinski definition) is 3. The molecule has 0 unspecified atom stereocenters. The first-order valence-corrected chi connectivity index (χ1v) is 4.46. The number of aromatic nitrogens is 2. The molecule has 0 aliphatic heterocycles. The van der Waals surface area contributed by atoms with Crippen LogP contribution in [-0.2, 0) is 13.0 Å². The summed E-state index contributed by atoms with van der Waals surface area (Å²) in [4.78, 5) is 15.8. The lowest BCUT2D eigenvalue weighted by atomic mass is 10.2. The second-order valence-corrected chi connectivity index (χ2v) is 2.92. The molecule has 0 amide bonds. The molecule has 0 atom stereocenters. The van der Waals surface area contributed by atoms with Gasteiger partial charge in [0, 0.05) is 18.3 Å². The predicted octanol–water partition coefficient (Wildman–Crippen LogP) is 0.0728. The zero-order valence-electron chi connectivity index (χ0n) is 8.08. The summed E-state index contributed by atoms with van der Waals surface area (Å²) < 4.78 is 1.66. The molecule has 13 heavy (non-hydrogen) atoms. The Kier molecular flexibility index (Phi) is 3.19. The first-order chi connectivity index (χ1) is 6.20. The SMILES string of the molecule is CCn1c(C)ncc(CCN)c1=O. The fraction of sp³-hybridized carbons (Fsp3) is 0.556. The minimum absolute atomic E-state index is 0.0421. The van der Waals surface area contributed by atoms with Crippen molar-refractivity contribution in [3.05, 3.63) is 27.9 Å². The molecule has 0 aliphatic rings. The van der Waals surface area contributed by atoms with Gasteiger partial charge in [-0.25, -0.2) is 4.98 Å². The molecule has 1 aromatic rings. The maximum absolute atomic E-state index is 11.7. The van der Waals surface area contributed by atoms with E-state index >= 15 is 0 Å². The van der Waals surface area contributed by atoms with E-state index in [0.29, 0.717) is 25.1 Å². The smallest absolute Gasteiger partial charge is 0.256 e. The van der Waals surface area contributed by atoms with Crippen LogP contribution in [0.15, 0.2) is 11.0 Å². The summed E-state index contributed by atoms with van der Waals surface area (Å²) in [5.41, 5.74) is 6.13. The van der Waals surface area contributed by atoms with E-state index in [1.807, 2.05) is 13.8 Å². The fourth-order valence-electron chi connectivity index (χ4n) is 1.32. The minimum Gasteiger partial charge on any atom is -0.330 e. The molecule has 0 aromatic carbocycles. The van der Waals surface area contributed by atoms with Gasteiger partial charge in [0.1, 0.15) is 5.82 Å². The van der Waals surface area contributed by atoms with Crippen LogP contribution in [0.5, 0.6) is 0 Å². The molecular formula is C9H15N3O. The quantitative estimate of drug-likeness (QED) is 0.718. The highest BCUT2D eigenvalue weighted by atomic mass is 16.1. The predicted molar refractivity (Wildman–Crippen MR) is 51.7 cm³/mol. The number of rotatable bonds is 3. The molecule has 0 bridgehead atoms. The van der Waals surface area contributed by atoms with E-state index in [1.54, 1.807) is 10.8 Å². The summed E-state index contributed by atoms with van der Waals surface area (Å²) >= 11 is 0. The van der Waals surface area contributed by atoms with Crippen LogP contribution in [0.25, 0.3) is 0 Å². The standard InChI is InChI=1S/C9H15N3O/c1-3-12-7(2)11-6-8(4-5-10)9(12)13/h6H,3-5,10H2,1-2H3. The fourth-order valence-corrected chi connectivity index (χ4v) is 1.32. The zero-order valence-corrected chi connectivity index (χ0v) is 8.08. The summed E-state index contributed by atoms with van der Waals surface area (Å²) in [7, 11) is 0. The average molecular weight is 181 g/mol. The molecular weight excluding hydrogens is 166 g/mol. The van der Waals surface area contributed by atoms with E-state index in [9.17, 15) is 4.79 Å². The van der Waals surface area contributed by atoms with Crippen LogP contribution in [0.1, 0.15) is 18.3 Å². The Hall–Kier alpha value is -1.16. The average Bonchev–Trinajstić information content (AvgIpc) is 2.11. The lowest BCUT2D eigenvalue weighted by Crippen LogP contribution is -2.27. The van der Waals surface area contributed by atoms with Gasteiger partial charge in [-0.2, -0.15) is 0 Å². The Morgan fingerprint density at radius 2 is 2.31 bits per heavy atom. The Morgan fingerprint density at radius 1 is 1.62 bits per heavy atom. The van der Waals surface area contributed by atoms with Gasteiger partial charge in [-0.15, -0.1) is 0 Å². The van der Waals surface area contributed by atoms with E-state index in [4.69, 9.17) is 5.73 Å². The third kappa shape index (κ3) is 1.95. The topological polar surface area (TPSA) is 60.9 Å². The van der Waals surface area contributed by atoms with Crippen molar-refractivity contribution in [2.75, 3.05) is 6.54 Å². The lowest BCUT2D eigenvalue weighted by molar-refractivity contribution is 0.661. The Morgan fingerprint density at radius 3 is 2.85 bits per heavy atom. The highest BCUT2D eigenvalue weighted by Crippen LogP contribution is 1.94. The third-order valence-corrected chi connectivity index (χ3v) is 2.05. The number of aryl methyl sites for hydroxylation is 1. The molecule has 0 spiro atoms. The van der Waals surface area contributed by atoms with Crippen molar-refractivity contribution in [1.82, 2.24) is 9.55 Å². The van der Waals surface area contributed by atoms with Gasteiger partial charge in [0.25, 0.3) is 5.56 Å². The van der Waals surface area contributed by atoms with Gasteiger partial charge in [-0.05, 0) is 26.8 Å². The van der Waals surface area contributed by atoms with Gasteiger partial charge in [0.15, 0.2) is 0 Å². The number of nitrogens with zero attached hydrogens (tertiary/aromatic N) is 2. The summed E-state index contributed by atoms with van der Waals surface area (Å²) in [6.45, 7) is 4.92. The van der Waals surface area contributed by atoms with E-state index < -0.39 is 0 Å². The van der Waals surface area contributed by atoms with E-state index in [1.165, 1.54) is 0 Å². The number of hydrogen-bond donors (Lipinski definition) is 1. The van der Waals surface area contributed by atoms with Crippen LogP contribution in [-0.4, -0.2) is 16.1 Å². The molecule has 4 heteroatoms. The van der Waals surface area contributed by atoms with Crippen LogP contribution < -0.4 is 11.3 Å². The molecule has 0 aliphatic carbocycles. The largest absolute Gasteiger partial charge is 0.330 e. The molecule has 4 nitrogen and oxygen atoms in total. The van der Waals surface area contributed by atoms with Crippen LogP contribution in [0.4, 0.5) is 0 Å². The van der Waals surface area contributed by atoms with Gasteiger partial charge in [-0.3, -0.25) is 9.36 Å². The van der Waals surface area contributed by atoms with E-state index in [2.05, 4.69) is 4.98 Å². The molecule has 2 N–H and O–H groups in total. The Bertz CT molecular complexity index is 343. The maximum atomic E-state index is 11.7. The van der Waals surface area contributed by atoms with E-state index in [0.717, 1.165) is 5.82 Å². The van der Waals surface area contributed by atoms with E-state index in [-0.39, 0.29) is 5.56 Å². The van der Waals surface area contributed by atoms with Crippen molar-refractivity contribution in [3.63, 3.8) is 0 Å². The highest BCUT2D eigenvalue weighted by Gasteiger charge is 2.04. The van der Waals surface area contributed by atoms with Crippen molar-refractivity contribution in [3.8, 4) is 0 Å². The monoisotopic (exact) mass is 181 g/mol. The highest BCUT2D eigenvalue weighted by molar-refractivity contribution is 5.07. The molecule has 1 aromatic heterocycles. The molecule has 0 fully saturated rings. The second-order valence-electron chi connectivity index (χ2n) is 2.92. The molecule has 0 radical (unpaired) electrons. The second kappa shape index (κ2) is 4.18. The van der Waals surface area contributed by atoms with Crippen LogP contribution in [0, 0.1) is 6.92 Å². The van der Waals surface area contributed by atoms with Crippen LogP contribution >= 0.6 is 0 Å². The summed E-state index contributed by atoms with van der Waals surface area (Å²) in [6.07, 6.45) is 2.22. The van der Waals surface area contributed by atoms with Gasteiger partial charge < -0.3 is 5.73 Å². The molecule has 1 heterocycles. The zero-order chi connectivity index (χ0) is 9.84. The van der Waals surface area contributed by atoms with Crippen LogP contribution in [0.3, 0.4) is 0 Å². The summed E-state index contributed by atoms with van der Waals surface area (Å²) in [5, 5.41) is 0. The maximum Gasteiger partial charge on any atom is 0.256 e.